The number of anilines is 1. The van der Waals surface area contributed by atoms with E-state index in [1.54, 1.807) is 19.2 Å². The van der Waals surface area contributed by atoms with Crippen LogP contribution in [-0.2, 0) is 14.3 Å². The normalized spacial score (nSPS) is 13.5. The van der Waals surface area contributed by atoms with E-state index in [2.05, 4.69) is 20.6 Å². The summed E-state index contributed by atoms with van der Waals surface area (Å²) in [4.78, 5) is 33.6. The monoisotopic (exact) mass is 505 g/mol. The number of nitrogens with one attached hydrogen (secondary N) is 2. The fourth-order valence-electron chi connectivity index (χ4n) is 3.14. The molecule has 0 saturated heterocycles. The summed E-state index contributed by atoms with van der Waals surface area (Å²) in [5, 5.41) is 7.52. The second kappa shape index (κ2) is 13.4. The molecular formula is C27H31N5O3S. The molecule has 2 atom stereocenters. The highest BCUT2D eigenvalue weighted by molar-refractivity contribution is 8.14. The number of hydrogen-bond acceptors (Lipinski definition) is 7. The summed E-state index contributed by atoms with van der Waals surface area (Å²) < 4.78 is 5.34. The zero-order chi connectivity index (χ0) is 25.9. The average Bonchev–Trinajstić information content (AvgIpc) is 2.87. The Morgan fingerprint density at radius 2 is 1.83 bits per heavy atom. The number of thioether (sulfide) groups is 1. The number of nitrogens with two attached hydrogens (primary N) is 1. The summed E-state index contributed by atoms with van der Waals surface area (Å²) in [6, 6.07) is 18.5. The minimum Gasteiger partial charge on any atom is -0.453 e. The van der Waals surface area contributed by atoms with Crippen molar-refractivity contribution in [3.8, 4) is 0 Å². The third-order valence-corrected chi connectivity index (χ3v) is 5.87. The molecule has 9 heteroatoms. The number of benzene rings is 2. The lowest BCUT2D eigenvalue weighted by Gasteiger charge is -2.16. The SMILES string of the molecule is CC(N=C(Nc1cccc2cccnc12)SCOC(=O)[C@@H](N)C(C)C)NC(=O)/C=C/c1ccccc1. The first-order valence-corrected chi connectivity index (χ1v) is 12.6. The van der Waals surface area contributed by atoms with Crippen LogP contribution in [0.15, 0.2) is 77.9 Å². The van der Waals surface area contributed by atoms with Crippen molar-refractivity contribution >= 4 is 51.5 Å². The number of pyridine rings is 1. The van der Waals surface area contributed by atoms with Crippen LogP contribution in [0.2, 0.25) is 0 Å². The van der Waals surface area contributed by atoms with Gasteiger partial charge in [0.2, 0.25) is 5.91 Å². The van der Waals surface area contributed by atoms with Crippen molar-refractivity contribution in [2.45, 2.75) is 33.0 Å². The summed E-state index contributed by atoms with van der Waals surface area (Å²) in [7, 11) is 0. The number of fused-ring (bicyclic) bond motifs is 1. The standard InChI is InChI=1S/C27H31N5O3S/c1-18(2)24(28)26(34)35-17-36-27(32-22-13-7-11-21-12-8-16-29-25(21)22)31-19(3)30-23(33)15-14-20-9-5-4-6-10-20/h4-16,18-19,24H,17,28H2,1-3H3,(H,30,33)(H,31,32)/b15-14+/t19?,24-/m0/s1. The maximum absolute atomic E-state index is 12.4. The number of aliphatic imine (C=N–C) groups is 1. The molecule has 36 heavy (non-hydrogen) atoms. The number of carbonyl (C=O) groups excluding carboxylic acids is 2. The van der Waals surface area contributed by atoms with Crippen LogP contribution in [-0.4, -0.2) is 40.2 Å². The Hall–Kier alpha value is -3.69. The number of ether oxygens (including phenoxy) is 1. The molecule has 0 aliphatic carbocycles. The lowest BCUT2D eigenvalue weighted by Crippen LogP contribution is -2.37. The molecular weight excluding hydrogens is 474 g/mol. The average molecular weight is 506 g/mol. The Morgan fingerprint density at radius 1 is 1.08 bits per heavy atom. The lowest BCUT2D eigenvalue weighted by atomic mass is 10.1. The van der Waals surface area contributed by atoms with Crippen molar-refractivity contribution in [1.82, 2.24) is 10.3 Å². The highest BCUT2D eigenvalue weighted by Crippen LogP contribution is 2.22. The number of amidine groups is 1. The number of para-hydroxylation sites is 1. The Kier molecular flexibility index (Phi) is 10.0. The van der Waals surface area contributed by atoms with Crippen molar-refractivity contribution in [3.63, 3.8) is 0 Å². The highest BCUT2D eigenvalue weighted by atomic mass is 32.2. The Bertz CT molecular complexity index is 1230. The van der Waals surface area contributed by atoms with Crippen LogP contribution in [0.5, 0.6) is 0 Å². The van der Waals surface area contributed by atoms with Gasteiger partial charge in [-0.05, 0) is 48.4 Å². The summed E-state index contributed by atoms with van der Waals surface area (Å²) in [5.41, 5.74) is 8.32. The zero-order valence-corrected chi connectivity index (χ0v) is 21.4. The van der Waals surface area contributed by atoms with Gasteiger partial charge in [0.15, 0.2) is 5.17 Å². The molecule has 0 aliphatic heterocycles. The number of esters is 1. The van der Waals surface area contributed by atoms with Gasteiger partial charge in [-0.1, -0.05) is 62.4 Å². The van der Waals surface area contributed by atoms with E-state index in [0.717, 1.165) is 22.2 Å². The van der Waals surface area contributed by atoms with Crippen LogP contribution in [0.4, 0.5) is 5.69 Å². The van der Waals surface area contributed by atoms with Gasteiger partial charge in [-0.15, -0.1) is 0 Å². The van der Waals surface area contributed by atoms with Crippen LogP contribution >= 0.6 is 11.8 Å². The Labute approximate surface area is 215 Å². The smallest absolute Gasteiger partial charge is 0.324 e. The van der Waals surface area contributed by atoms with Gasteiger partial charge >= 0.3 is 5.97 Å². The summed E-state index contributed by atoms with van der Waals surface area (Å²) in [6.45, 7) is 5.48. The van der Waals surface area contributed by atoms with Gasteiger partial charge in [0.25, 0.3) is 0 Å². The third kappa shape index (κ3) is 8.21. The first kappa shape index (κ1) is 26.9. The molecule has 8 nitrogen and oxygen atoms in total. The van der Waals surface area contributed by atoms with E-state index < -0.39 is 18.2 Å². The maximum atomic E-state index is 12.4. The molecule has 2 aromatic carbocycles. The molecule has 3 aromatic rings. The molecule has 1 amide bonds. The number of rotatable bonds is 9. The molecule has 3 rings (SSSR count). The Morgan fingerprint density at radius 3 is 2.58 bits per heavy atom. The van der Waals surface area contributed by atoms with Crippen molar-refractivity contribution in [1.29, 1.82) is 0 Å². The van der Waals surface area contributed by atoms with Gasteiger partial charge in [0, 0.05) is 17.7 Å². The molecule has 4 N–H and O–H groups in total. The maximum Gasteiger partial charge on any atom is 0.324 e. The van der Waals surface area contributed by atoms with Crippen molar-refractivity contribution in [3.05, 3.63) is 78.5 Å². The fourth-order valence-corrected chi connectivity index (χ4v) is 3.84. The number of amides is 1. The summed E-state index contributed by atoms with van der Waals surface area (Å²) in [6.07, 6.45) is 4.36. The van der Waals surface area contributed by atoms with Gasteiger partial charge in [0.05, 0.1) is 11.2 Å². The van der Waals surface area contributed by atoms with Gasteiger partial charge < -0.3 is 21.1 Å². The molecule has 0 saturated carbocycles. The summed E-state index contributed by atoms with van der Waals surface area (Å²) >= 11 is 1.19. The molecule has 188 valence electrons. The fraction of sp³-hybridized carbons (Fsp3) is 0.259. The molecule has 0 fully saturated rings. The number of nitrogens with zero attached hydrogens (tertiary/aromatic N) is 2. The highest BCUT2D eigenvalue weighted by Gasteiger charge is 2.19. The third-order valence-electron chi connectivity index (χ3n) is 5.15. The molecule has 0 aliphatic rings. The van der Waals surface area contributed by atoms with Gasteiger partial charge in [-0.2, -0.15) is 0 Å². The second-order valence-electron chi connectivity index (χ2n) is 8.36. The molecule has 0 spiro atoms. The molecule has 0 bridgehead atoms. The van der Waals surface area contributed by atoms with E-state index in [1.807, 2.05) is 74.5 Å². The summed E-state index contributed by atoms with van der Waals surface area (Å²) in [5.74, 6) is -0.774. The minimum absolute atomic E-state index is 0.0118. The van der Waals surface area contributed by atoms with Crippen LogP contribution in [0.25, 0.3) is 17.0 Å². The first-order valence-electron chi connectivity index (χ1n) is 11.6. The van der Waals surface area contributed by atoms with E-state index >= 15 is 0 Å². The Balaban J connectivity index is 1.72. The molecule has 1 aromatic heterocycles. The van der Waals surface area contributed by atoms with Crippen molar-refractivity contribution in [2.75, 3.05) is 11.3 Å². The second-order valence-corrected chi connectivity index (χ2v) is 9.27. The number of hydrogen-bond donors (Lipinski definition) is 3. The molecule has 1 heterocycles. The van der Waals surface area contributed by atoms with Gasteiger partial charge in [-0.3, -0.25) is 14.6 Å². The topological polar surface area (TPSA) is 119 Å². The molecule has 1 unspecified atom stereocenters. The van der Waals surface area contributed by atoms with Crippen LogP contribution in [0.3, 0.4) is 0 Å². The van der Waals surface area contributed by atoms with Crippen LogP contribution in [0.1, 0.15) is 26.3 Å². The van der Waals surface area contributed by atoms with E-state index in [-0.39, 0.29) is 17.8 Å². The number of aromatic nitrogens is 1. The van der Waals surface area contributed by atoms with E-state index in [9.17, 15) is 9.59 Å². The van der Waals surface area contributed by atoms with Gasteiger partial charge in [0.1, 0.15) is 18.1 Å². The van der Waals surface area contributed by atoms with E-state index in [4.69, 9.17) is 10.5 Å². The number of carbonyl (C=O) groups is 2. The predicted molar refractivity (Wildman–Crippen MR) is 147 cm³/mol. The zero-order valence-electron chi connectivity index (χ0n) is 20.5. The van der Waals surface area contributed by atoms with Gasteiger partial charge in [-0.25, -0.2) is 4.99 Å². The van der Waals surface area contributed by atoms with Crippen molar-refractivity contribution < 1.29 is 14.3 Å². The van der Waals surface area contributed by atoms with Crippen LogP contribution in [0, 0.1) is 5.92 Å². The van der Waals surface area contributed by atoms with Crippen LogP contribution < -0.4 is 16.4 Å². The van der Waals surface area contributed by atoms with E-state index in [1.165, 1.54) is 17.8 Å². The largest absolute Gasteiger partial charge is 0.453 e. The predicted octanol–water partition coefficient (Wildman–Crippen LogP) is 4.40. The first-order chi connectivity index (χ1) is 17.3. The van der Waals surface area contributed by atoms with E-state index in [0.29, 0.717) is 5.17 Å². The van der Waals surface area contributed by atoms with Crippen molar-refractivity contribution in [2.24, 2.45) is 16.6 Å². The lowest BCUT2D eigenvalue weighted by molar-refractivity contribution is -0.144. The molecule has 0 radical (unpaired) electrons. The quantitative estimate of drug-likeness (QED) is 0.130. The minimum atomic E-state index is -0.698.